The quantitative estimate of drug-likeness (QED) is 0.106. The van der Waals surface area contributed by atoms with Crippen LogP contribution >= 0.6 is 0 Å². The summed E-state index contributed by atoms with van der Waals surface area (Å²) in [4.78, 5) is 48.1. The fourth-order valence-corrected chi connectivity index (χ4v) is 14.1. The van der Waals surface area contributed by atoms with Gasteiger partial charge >= 0.3 is 23.9 Å². The van der Waals surface area contributed by atoms with E-state index in [-0.39, 0.29) is 49.3 Å². The van der Waals surface area contributed by atoms with Gasteiger partial charge in [0.2, 0.25) is 33.6 Å². The summed E-state index contributed by atoms with van der Waals surface area (Å²) in [5.74, 6) is 0.222. The van der Waals surface area contributed by atoms with E-state index in [1.165, 1.54) is 36.3 Å². The Balaban J connectivity index is 0.000000178. The molecule has 0 radical (unpaired) electrons. The SMILES string of the molecule is CC(=O)O[C@H]1CN(S(=O)(=O)c2ccc(C)cc2)[C@H]2C[C@@H](OC(C)=O)C=C[C@@]12c1ccc2c(c1)OCO2.CC(=O)O[C@H]1CN(S(=O)(=O)c2ccc(C)cc2)[C@H]2C[C@@H](OC(C)=O)C=C[C@@]12c1ccc2c(c1)OCO2. The van der Waals surface area contributed by atoms with Gasteiger partial charge in [0.25, 0.3) is 0 Å². The minimum atomic E-state index is -3.99. The molecule has 8 atom stereocenters. The first-order valence-corrected chi connectivity index (χ1v) is 26.1. The zero-order valence-electron chi connectivity index (χ0n) is 40.3. The molecule has 380 valence electrons. The highest BCUT2D eigenvalue weighted by Crippen LogP contribution is 2.53. The summed E-state index contributed by atoms with van der Waals surface area (Å²) in [7, 11) is -7.98. The molecular formula is C52H54N2O16S2. The first kappa shape index (κ1) is 50.2. The molecule has 0 N–H and O–H groups in total. The Morgan fingerprint density at radius 2 is 0.847 bits per heavy atom. The van der Waals surface area contributed by atoms with Crippen LogP contribution in [0.3, 0.4) is 0 Å². The summed E-state index contributed by atoms with van der Waals surface area (Å²) in [5, 5.41) is 0. The van der Waals surface area contributed by atoms with E-state index >= 15 is 0 Å². The number of hydrogen-bond donors (Lipinski definition) is 0. The number of fused-ring (bicyclic) bond motifs is 4. The lowest BCUT2D eigenvalue weighted by Crippen LogP contribution is -2.51. The zero-order valence-corrected chi connectivity index (χ0v) is 42.0. The van der Waals surface area contributed by atoms with Crippen LogP contribution in [0.1, 0.15) is 62.8 Å². The molecule has 4 aromatic carbocycles. The minimum absolute atomic E-state index is 0.0635. The van der Waals surface area contributed by atoms with Gasteiger partial charge < -0.3 is 37.9 Å². The number of carbonyl (C=O) groups excluding carboxylic acids is 4. The van der Waals surface area contributed by atoms with Gasteiger partial charge in [0, 0.05) is 52.6 Å². The molecule has 18 nitrogen and oxygen atoms in total. The molecule has 0 saturated carbocycles. The summed E-state index contributed by atoms with van der Waals surface area (Å²) in [6.07, 6.45) is 4.55. The number of benzene rings is 4. The van der Waals surface area contributed by atoms with Gasteiger partial charge in [0.15, 0.2) is 23.0 Å². The van der Waals surface area contributed by atoms with E-state index in [1.807, 2.05) is 38.1 Å². The molecule has 2 fully saturated rings. The van der Waals surface area contributed by atoms with E-state index in [2.05, 4.69) is 0 Å². The summed E-state index contributed by atoms with van der Waals surface area (Å²) >= 11 is 0. The number of sulfonamides is 2. The van der Waals surface area contributed by atoms with E-state index < -0.39 is 91.3 Å². The van der Waals surface area contributed by atoms with E-state index in [0.29, 0.717) is 34.1 Å². The van der Waals surface area contributed by atoms with Crippen molar-refractivity contribution >= 4 is 43.9 Å². The zero-order chi connectivity index (χ0) is 51.3. The van der Waals surface area contributed by atoms with Crippen LogP contribution in [0.5, 0.6) is 23.0 Å². The molecule has 0 amide bonds. The number of rotatable bonds is 10. The first-order valence-electron chi connectivity index (χ1n) is 23.3. The molecule has 10 rings (SSSR count). The maximum Gasteiger partial charge on any atom is 0.303 e. The molecule has 2 saturated heterocycles. The second-order valence-electron chi connectivity index (χ2n) is 18.5. The highest BCUT2D eigenvalue weighted by molar-refractivity contribution is 7.89. The molecule has 4 heterocycles. The van der Waals surface area contributed by atoms with Crippen LogP contribution in [0.4, 0.5) is 0 Å². The number of aryl methyl sites for hydroxylation is 2. The maximum atomic E-state index is 13.9. The Bertz CT molecular complexity index is 2880. The summed E-state index contributed by atoms with van der Waals surface area (Å²) < 4.78 is 103. The van der Waals surface area contributed by atoms with E-state index in [4.69, 9.17) is 37.9 Å². The topological polar surface area (TPSA) is 217 Å². The van der Waals surface area contributed by atoms with Crippen LogP contribution in [0.25, 0.3) is 0 Å². The molecule has 0 spiro atoms. The lowest BCUT2D eigenvalue weighted by Gasteiger charge is -2.42. The Morgan fingerprint density at radius 1 is 0.500 bits per heavy atom. The van der Waals surface area contributed by atoms with Gasteiger partial charge in [-0.3, -0.25) is 19.2 Å². The van der Waals surface area contributed by atoms with Crippen molar-refractivity contribution in [3.8, 4) is 23.0 Å². The fourth-order valence-electron chi connectivity index (χ4n) is 10.8. The van der Waals surface area contributed by atoms with Crippen molar-refractivity contribution in [1.29, 1.82) is 0 Å². The number of carbonyl (C=O) groups is 4. The number of ether oxygens (including phenoxy) is 8. The summed E-state index contributed by atoms with van der Waals surface area (Å²) in [5.41, 5.74) is 1.20. The Labute approximate surface area is 417 Å². The third-order valence-electron chi connectivity index (χ3n) is 13.9. The lowest BCUT2D eigenvalue weighted by atomic mass is 9.68. The normalized spacial score (nSPS) is 26.9. The van der Waals surface area contributed by atoms with Crippen LogP contribution in [0.15, 0.2) is 119 Å². The first-order chi connectivity index (χ1) is 34.2. The van der Waals surface area contributed by atoms with Crippen molar-refractivity contribution in [2.45, 2.75) is 112 Å². The third kappa shape index (κ3) is 9.20. The molecule has 2 aliphatic carbocycles. The molecule has 4 aromatic rings. The molecule has 20 heteroatoms. The predicted molar refractivity (Wildman–Crippen MR) is 256 cm³/mol. The monoisotopic (exact) mass is 1030 g/mol. The predicted octanol–water partition coefficient (Wildman–Crippen LogP) is 5.72. The second-order valence-corrected chi connectivity index (χ2v) is 22.3. The molecule has 72 heavy (non-hydrogen) atoms. The minimum Gasteiger partial charge on any atom is -0.460 e. The van der Waals surface area contributed by atoms with Crippen molar-refractivity contribution in [3.05, 3.63) is 131 Å². The average molecular weight is 1030 g/mol. The van der Waals surface area contributed by atoms with Crippen molar-refractivity contribution < 1.29 is 73.9 Å². The number of nitrogens with zero attached hydrogens (tertiary/aromatic N) is 2. The van der Waals surface area contributed by atoms with Crippen molar-refractivity contribution in [1.82, 2.24) is 8.61 Å². The summed E-state index contributed by atoms with van der Waals surface area (Å²) in [6, 6.07) is 22.6. The standard InChI is InChI=1S/2C26H27NO8S/c2*1-16-4-7-21(8-5-16)36(30,31)27-14-25(35-18(3)29)26(11-10-20(13-24(26)27)34-17(2)28)19-6-9-22-23(12-19)33-15-32-22/h2*4-12,20,24-25H,13-15H2,1-3H3/t2*20-,24-,25-,26-/m00/s1. The molecular weight excluding hydrogens is 973 g/mol. The molecule has 0 aromatic heterocycles. The van der Waals surface area contributed by atoms with Gasteiger partial charge in [-0.15, -0.1) is 0 Å². The fraction of sp³-hybridized carbons (Fsp3) is 0.385. The third-order valence-corrected chi connectivity index (χ3v) is 17.7. The van der Waals surface area contributed by atoms with Gasteiger partial charge in [-0.1, -0.05) is 59.7 Å². The van der Waals surface area contributed by atoms with Crippen LogP contribution < -0.4 is 18.9 Å². The smallest absolute Gasteiger partial charge is 0.303 e. The van der Waals surface area contributed by atoms with Crippen molar-refractivity contribution in [3.63, 3.8) is 0 Å². The summed E-state index contributed by atoms with van der Waals surface area (Å²) in [6.45, 7) is 9.02. The molecule has 0 bridgehead atoms. The Hall–Kier alpha value is -6.74. The van der Waals surface area contributed by atoms with E-state index in [0.717, 1.165) is 11.1 Å². The van der Waals surface area contributed by atoms with E-state index in [1.54, 1.807) is 84.9 Å². The van der Waals surface area contributed by atoms with Gasteiger partial charge in [-0.2, -0.15) is 8.61 Å². The number of esters is 4. The van der Waals surface area contributed by atoms with Crippen molar-refractivity contribution in [2.75, 3.05) is 26.7 Å². The average Bonchev–Trinajstić information content (AvgIpc) is 4.13. The Morgan fingerprint density at radius 3 is 1.19 bits per heavy atom. The number of hydrogen-bond acceptors (Lipinski definition) is 16. The lowest BCUT2D eigenvalue weighted by molar-refractivity contribution is -0.149. The van der Waals surface area contributed by atoms with Crippen LogP contribution in [0, 0.1) is 13.8 Å². The van der Waals surface area contributed by atoms with Crippen LogP contribution in [-0.4, -0.2) is 112 Å². The van der Waals surface area contributed by atoms with E-state index in [9.17, 15) is 36.0 Å². The highest BCUT2D eigenvalue weighted by Gasteiger charge is 2.62. The van der Waals surface area contributed by atoms with Gasteiger partial charge in [-0.25, -0.2) is 16.8 Å². The molecule has 4 aliphatic heterocycles. The van der Waals surface area contributed by atoms with Crippen LogP contribution in [0.2, 0.25) is 0 Å². The molecule has 0 unspecified atom stereocenters. The maximum absolute atomic E-state index is 13.9. The Kier molecular flexibility index (Phi) is 13.5. The van der Waals surface area contributed by atoms with Crippen LogP contribution in [-0.2, 0) is 69.0 Å². The van der Waals surface area contributed by atoms with Gasteiger partial charge in [0.1, 0.15) is 24.4 Å². The second kappa shape index (κ2) is 19.4. The highest BCUT2D eigenvalue weighted by atomic mass is 32.2. The largest absolute Gasteiger partial charge is 0.460 e. The van der Waals surface area contributed by atoms with Crippen molar-refractivity contribution in [2.24, 2.45) is 0 Å². The van der Waals surface area contributed by atoms with Gasteiger partial charge in [-0.05, 0) is 85.7 Å². The van der Waals surface area contributed by atoms with Gasteiger partial charge in [0.05, 0.1) is 33.7 Å². The molecule has 6 aliphatic rings.